The van der Waals surface area contributed by atoms with Crippen LogP contribution >= 0.6 is 0 Å². The fourth-order valence-electron chi connectivity index (χ4n) is 2.96. The highest BCUT2D eigenvalue weighted by molar-refractivity contribution is 5.97. The number of carbonyl (C=O) groups is 3. The Balaban J connectivity index is 1.78. The maximum atomic E-state index is 13.8. The highest BCUT2D eigenvalue weighted by atomic mass is 19.1. The largest absolute Gasteiger partial charge is 0.462 e. The van der Waals surface area contributed by atoms with Gasteiger partial charge in [-0.25, -0.2) is 13.6 Å². The van der Waals surface area contributed by atoms with E-state index in [0.29, 0.717) is 12.8 Å². The molecule has 0 fully saturated rings. The van der Waals surface area contributed by atoms with Gasteiger partial charge in [0.2, 0.25) is 5.91 Å². The number of halogens is 2. The number of benzene rings is 2. The average molecular weight is 446 g/mol. The smallest absolute Gasteiger partial charge is 0.328 e. The maximum absolute atomic E-state index is 13.8. The van der Waals surface area contributed by atoms with Crippen LogP contribution < -0.4 is 10.6 Å². The fourth-order valence-corrected chi connectivity index (χ4v) is 2.96. The second-order valence-electron chi connectivity index (χ2n) is 7.79. The third-order valence-corrected chi connectivity index (χ3v) is 4.83. The molecular formula is C24H28F2N2O4. The Bertz CT molecular complexity index is 925. The molecular weight excluding hydrogens is 418 g/mol. The molecule has 0 aromatic heterocycles. The molecule has 0 spiro atoms. The van der Waals surface area contributed by atoms with Crippen LogP contribution in [0.15, 0.2) is 42.5 Å². The van der Waals surface area contributed by atoms with E-state index in [-0.39, 0.29) is 25.0 Å². The number of hydrogen-bond acceptors (Lipinski definition) is 4. The third kappa shape index (κ3) is 7.44. The van der Waals surface area contributed by atoms with Gasteiger partial charge in [0.1, 0.15) is 29.8 Å². The summed E-state index contributed by atoms with van der Waals surface area (Å²) in [5.41, 5.74) is 1.45. The lowest BCUT2D eigenvalue weighted by Crippen LogP contribution is -2.46. The molecule has 2 rings (SSSR count). The number of nitrogens with one attached hydrogen (secondary N) is 2. The maximum Gasteiger partial charge on any atom is 0.328 e. The third-order valence-electron chi connectivity index (χ3n) is 4.83. The van der Waals surface area contributed by atoms with E-state index in [4.69, 9.17) is 4.74 Å². The molecule has 0 heterocycles. The second kappa shape index (κ2) is 11.9. The van der Waals surface area contributed by atoms with E-state index in [1.54, 1.807) is 13.8 Å². The van der Waals surface area contributed by atoms with Crippen LogP contribution in [0.25, 0.3) is 0 Å². The lowest BCUT2D eigenvalue weighted by Gasteiger charge is -2.21. The minimum Gasteiger partial charge on any atom is -0.462 e. The van der Waals surface area contributed by atoms with Gasteiger partial charge in [-0.1, -0.05) is 49.7 Å². The van der Waals surface area contributed by atoms with E-state index in [9.17, 15) is 23.2 Å². The van der Waals surface area contributed by atoms with Crippen molar-refractivity contribution < 1.29 is 27.9 Å². The van der Waals surface area contributed by atoms with Gasteiger partial charge < -0.3 is 15.4 Å². The number of amides is 2. The van der Waals surface area contributed by atoms with Crippen LogP contribution in [0.2, 0.25) is 0 Å². The molecule has 172 valence electrons. The van der Waals surface area contributed by atoms with Crippen molar-refractivity contribution in [2.45, 2.75) is 39.7 Å². The van der Waals surface area contributed by atoms with Gasteiger partial charge in [0, 0.05) is 6.42 Å². The monoisotopic (exact) mass is 446 g/mol. The summed E-state index contributed by atoms with van der Waals surface area (Å²) in [6.07, 6.45) is 0.899. The van der Waals surface area contributed by atoms with Crippen molar-refractivity contribution >= 4 is 17.8 Å². The summed E-state index contributed by atoms with van der Waals surface area (Å²) in [7, 11) is 0. The van der Waals surface area contributed by atoms with Gasteiger partial charge in [-0.2, -0.15) is 0 Å². The summed E-state index contributed by atoms with van der Waals surface area (Å²) in [5, 5.41) is 4.99. The molecule has 2 amide bonds. The van der Waals surface area contributed by atoms with Crippen molar-refractivity contribution in [3.63, 3.8) is 0 Å². The molecule has 2 aromatic carbocycles. The normalized spacial score (nSPS) is 11.7. The van der Waals surface area contributed by atoms with Gasteiger partial charge in [-0.3, -0.25) is 9.59 Å². The Labute approximate surface area is 186 Å². The molecule has 0 bridgehead atoms. The van der Waals surface area contributed by atoms with Crippen LogP contribution in [-0.2, 0) is 20.7 Å². The fraction of sp³-hybridized carbons (Fsp3) is 0.375. The van der Waals surface area contributed by atoms with Crippen molar-refractivity contribution in [3.8, 4) is 0 Å². The summed E-state index contributed by atoms with van der Waals surface area (Å²) in [4.78, 5) is 36.6. The van der Waals surface area contributed by atoms with E-state index >= 15 is 0 Å². The first-order valence-electron chi connectivity index (χ1n) is 10.4. The average Bonchev–Trinajstić information content (AvgIpc) is 2.74. The summed E-state index contributed by atoms with van der Waals surface area (Å²) in [5.74, 6) is -4.39. The first kappa shape index (κ1) is 25.0. The minimum absolute atomic E-state index is 0.0950. The number of rotatable bonds is 10. The standard InChI is InChI=1S/C24H28F2N2O4/c1-15(2)22(28-23(30)21-18(25)5-4-6-19(21)26)24(31)32-14-13-27-20(29)12-11-17-9-7-16(3)8-10-17/h4-10,15,22H,11-14H2,1-3H3,(H,27,29)(H,28,30). The molecule has 0 radical (unpaired) electrons. The van der Waals surface area contributed by atoms with E-state index in [2.05, 4.69) is 10.6 Å². The summed E-state index contributed by atoms with van der Waals surface area (Å²) in [6, 6.07) is 9.87. The first-order valence-corrected chi connectivity index (χ1v) is 10.4. The Morgan fingerprint density at radius 3 is 2.22 bits per heavy atom. The first-order chi connectivity index (χ1) is 15.2. The van der Waals surface area contributed by atoms with Crippen LogP contribution in [0.5, 0.6) is 0 Å². The van der Waals surface area contributed by atoms with Crippen molar-refractivity contribution in [1.82, 2.24) is 10.6 Å². The number of carbonyl (C=O) groups excluding carboxylic acids is 3. The van der Waals surface area contributed by atoms with Crippen LogP contribution in [0.4, 0.5) is 8.78 Å². The highest BCUT2D eigenvalue weighted by Crippen LogP contribution is 2.13. The molecule has 1 atom stereocenters. The molecule has 2 N–H and O–H groups in total. The summed E-state index contributed by atoms with van der Waals surface area (Å²) in [6.45, 7) is 5.33. The zero-order valence-electron chi connectivity index (χ0n) is 18.4. The van der Waals surface area contributed by atoms with Crippen LogP contribution in [-0.4, -0.2) is 37.0 Å². The molecule has 0 aliphatic heterocycles. The minimum atomic E-state index is -1.10. The van der Waals surface area contributed by atoms with Crippen molar-refractivity contribution in [1.29, 1.82) is 0 Å². The van der Waals surface area contributed by atoms with Crippen molar-refractivity contribution in [3.05, 3.63) is 70.8 Å². The molecule has 0 saturated heterocycles. The summed E-state index contributed by atoms with van der Waals surface area (Å²) < 4.78 is 32.8. The zero-order chi connectivity index (χ0) is 23.7. The van der Waals surface area contributed by atoms with E-state index in [1.165, 1.54) is 0 Å². The van der Waals surface area contributed by atoms with Gasteiger partial charge in [0.25, 0.3) is 5.91 Å². The molecule has 0 saturated carbocycles. The molecule has 8 heteroatoms. The molecule has 6 nitrogen and oxygen atoms in total. The Kier molecular flexibility index (Phi) is 9.31. The van der Waals surface area contributed by atoms with Crippen molar-refractivity contribution in [2.24, 2.45) is 5.92 Å². The summed E-state index contributed by atoms with van der Waals surface area (Å²) >= 11 is 0. The lowest BCUT2D eigenvalue weighted by molar-refractivity contribution is -0.147. The van der Waals surface area contributed by atoms with Gasteiger partial charge in [0.15, 0.2) is 0 Å². The predicted molar refractivity (Wildman–Crippen MR) is 116 cm³/mol. The molecule has 1 unspecified atom stereocenters. The van der Waals surface area contributed by atoms with Gasteiger partial charge in [-0.05, 0) is 37.0 Å². The number of ether oxygens (including phenoxy) is 1. The zero-order valence-corrected chi connectivity index (χ0v) is 18.4. The molecule has 32 heavy (non-hydrogen) atoms. The number of hydrogen-bond donors (Lipinski definition) is 2. The molecule has 0 aliphatic rings. The van der Waals surface area contributed by atoms with Gasteiger partial charge >= 0.3 is 5.97 Å². The quantitative estimate of drug-likeness (QED) is 0.433. The Morgan fingerprint density at radius 2 is 1.62 bits per heavy atom. The van der Waals surface area contributed by atoms with Crippen LogP contribution in [0, 0.1) is 24.5 Å². The Morgan fingerprint density at radius 1 is 1.00 bits per heavy atom. The molecule has 2 aromatic rings. The molecule has 0 aliphatic carbocycles. The number of esters is 1. The van der Waals surface area contributed by atoms with E-state index < -0.39 is 35.1 Å². The van der Waals surface area contributed by atoms with Crippen LogP contribution in [0.3, 0.4) is 0 Å². The lowest BCUT2D eigenvalue weighted by atomic mass is 10.0. The number of aryl methyl sites for hydroxylation is 2. The highest BCUT2D eigenvalue weighted by Gasteiger charge is 2.28. The predicted octanol–water partition coefficient (Wildman–Crippen LogP) is 3.32. The topological polar surface area (TPSA) is 84.5 Å². The van der Waals surface area contributed by atoms with E-state index in [0.717, 1.165) is 29.3 Å². The Hall–Kier alpha value is -3.29. The SMILES string of the molecule is Cc1ccc(CCC(=O)NCCOC(=O)C(NC(=O)c2c(F)cccc2F)C(C)C)cc1. The second-order valence-corrected chi connectivity index (χ2v) is 7.79. The van der Waals surface area contributed by atoms with Crippen LogP contribution in [0.1, 0.15) is 41.8 Å². The van der Waals surface area contributed by atoms with Crippen molar-refractivity contribution in [2.75, 3.05) is 13.2 Å². The van der Waals surface area contributed by atoms with E-state index in [1.807, 2.05) is 31.2 Å². The van der Waals surface area contributed by atoms with Gasteiger partial charge in [-0.15, -0.1) is 0 Å². The van der Waals surface area contributed by atoms with Gasteiger partial charge in [0.05, 0.1) is 6.54 Å².